The number of halogens is 1. The first-order valence-corrected chi connectivity index (χ1v) is 7.70. The van der Waals surface area contributed by atoms with Crippen LogP contribution in [0.15, 0.2) is 41.8 Å². The maximum absolute atomic E-state index is 12.0. The van der Waals surface area contributed by atoms with Crippen LogP contribution in [-0.2, 0) is 5.33 Å². The summed E-state index contributed by atoms with van der Waals surface area (Å²) in [6, 6.07) is 11.7. The highest BCUT2D eigenvalue weighted by atomic mass is 79.9. The first kappa shape index (κ1) is 13.3. The van der Waals surface area contributed by atoms with Gasteiger partial charge in [-0.3, -0.25) is 4.79 Å². The third-order valence-electron chi connectivity index (χ3n) is 2.69. The van der Waals surface area contributed by atoms with E-state index in [1.54, 1.807) is 11.3 Å². The second-order valence-electron chi connectivity index (χ2n) is 4.04. The summed E-state index contributed by atoms with van der Waals surface area (Å²) in [6.07, 6.45) is 0. The molecule has 4 heteroatoms. The molecule has 1 aromatic heterocycles. The lowest BCUT2D eigenvalue weighted by Crippen LogP contribution is -2.26. The van der Waals surface area contributed by atoms with E-state index in [1.165, 1.54) is 4.88 Å². The van der Waals surface area contributed by atoms with Crippen LogP contribution in [0, 0.1) is 0 Å². The Morgan fingerprint density at radius 1 is 1.33 bits per heavy atom. The molecule has 1 N–H and O–H groups in total. The van der Waals surface area contributed by atoms with Crippen molar-refractivity contribution in [1.82, 2.24) is 5.32 Å². The lowest BCUT2D eigenvalue weighted by atomic mass is 10.1. The van der Waals surface area contributed by atoms with Crippen LogP contribution >= 0.6 is 27.3 Å². The van der Waals surface area contributed by atoms with E-state index in [0.29, 0.717) is 5.56 Å². The molecule has 0 aliphatic carbocycles. The van der Waals surface area contributed by atoms with Crippen molar-refractivity contribution in [3.05, 3.63) is 57.8 Å². The molecule has 1 amide bonds. The van der Waals surface area contributed by atoms with Gasteiger partial charge in [-0.05, 0) is 36.1 Å². The fourth-order valence-corrected chi connectivity index (χ4v) is 2.74. The van der Waals surface area contributed by atoms with Crippen LogP contribution in [0.25, 0.3) is 0 Å². The Morgan fingerprint density at radius 2 is 2.06 bits per heavy atom. The zero-order valence-electron chi connectivity index (χ0n) is 10.0. The zero-order valence-corrected chi connectivity index (χ0v) is 12.4. The van der Waals surface area contributed by atoms with Crippen molar-refractivity contribution >= 4 is 33.2 Å². The topological polar surface area (TPSA) is 29.1 Å². The van der Waals surface area contributed by atoms with Crippen LogP contribution in [0.1, 0.15) is 33.8 Å². The smallest absolute Gasteiger partial charge is 0.251 e. The molecule has 0 aliphatic heterocycles. The molecule has 0 aliphatic rings. The SMILES string of the molecule is C[C@H](NC(=O)c1ccc(CBr)cc1)c1cccs1. The minimum Gasteiger partial charge on any atom is -0.345 e. The normalized spacial score (nSPS) is 12.1. The Balaban J connectivity index is 2.03. The second kappa shape index (κ2) is 6.16. The number of hydrogen-bond acceptors (Lipinski definition) is 2. The standard InChI is InChI=1S/C14H14BrNOS/c1-10(13-3-2-8-18-13)16-14(17)12-6-4-11(9-15)5-7-12/h2-8,10H,9H2,1H3,(H,16,17)/t10-/m0/s1. The molecule has 0 saturated carbocycles. The predicted octanol–water partition coefficient (Wildman–Crippen LogP) is 4.13. The van der Waals surface area contributed by atoms with Crippen LogP contribution in [0.3, 0.4) is 0 Å². The van der Waals surface area contributed by atoms with Gasteiger partial charge < -0.3 is 5.32 Å². The van der Waals surface area contributed by atoms with E-state index in [4.69, 9.17) is 0 Å². The number of carbonyl (C=O) groups excluding carboxylic acids is 1. The van der Waals surface area contributed by atoms with E-state index >= 15 is 0 Å². The van der Waals surface area contributed by atoms with Crippen molar-refractivity contribution in [2.45, 2.75) is 18.3 Å². The maximum atomic E-state index is 12.0. The van der Waals surface area contributed by atoms with Crippen molar-refractivity contribution in [1.29, 1.82) is 0 Å². The predicted molar refractivity (Wildman–Crippen MR) is 79.3 cm³/mol. The van der Waals surface area contributed by atoms with Gasteiger partial charge in [0.15, 0.2) is 0 Å². The van der Waals surface area contributed by atoms with Crippen molar-refractivity contribution in [3.8, 4) is 0 Å². The number of benzene rings is 1. The average molecular weight is 324 g/mol. The van der Waals surface area contributed by atoms with Gasteiger partial charge in [0.05, 0.1) is 6.04 Å². The summed E-state index contributed by atoms with van der Waals surface area (Å²) in [5.41, 5.74) is 1.86. The molecule has 0 saturated heterocycles. The fraction of sp³-hybridized carbons (Fsp3) is 0.214. The molecular formula is C14H14BrNOS. The molecule has 1 aromatic carbocycles. The third kappa shape index (κ3) is 3.21. The Bertz CT molecular complexity index is 507. The molecule has 94 valence electrons. The van der Waals surface area contributed by atoms with Gasteiger partial charge in [0.1, 0.15) is 0 Å². The number of alkyl halides is 1. The number of nitrogens with one attached hydrogen (secondary N) is 1. The quantitative estimate of drug-likeness (QED) is 0.842. The van der Waals surface area contributed by atoms with E-state index in [9.17, 15) is 4.79 Å². The lowest BCUT2D eigenvalue weighted by Gasteiger charge is -2.12. The minimum absolute atomic E-state index is 0.0305. The zero-order chi connectivity index (χ0) is 13.0. The Labute approximate surface area is 119 Å². The summed E-state index contributed by atoms with van der Waals surface area (Å²) in [5, 5.41) is 5.82. The molecule has 2 rings (SSSR count). The van der Waals surface area contributed by atoms with Crippen molar-refractivity contribution in [3.63, 3.8) is 0 Å². The van der Waals surface area contributed by atoms with Gasteiger partial charge in [0, 0.05) is 15.8 Å². The summed E-state index contributed by atoms with van der Waals surface area (Å²) in [5.74, 6) is -0.0305. The third-order valence-corrected chi connectivity index (χ3v) is 4.39. The van der Waals surface area contributed by atoms with E-state index < -0.39 is 0 Å². The summed E-state index contributed by atoms with van der Waals surface area (Å²) >= 11 is 5.04. The van der Waals surface area contributed by atoms with Gasteiger partial charge >= 0.3 is 0 Å². The van der Waals surface area contributed by atoms with Crippen LogP contribution in [0.5, 0.6) is 0 Å². The van der Waals surface area contributed by atoms with E-state index in [1.807, 2.05) is 48.7 Å². The molecule has 0 bridgehead atoms. The highest BCUT2D eigenvalue weighted by molar-refractivity contribution is 9.08. The van der Waals surface area contributed by atoms with Gasteiger partial charge in [0.25, 0.3) is 5.91 Å². The number of carbonyl (C=O) groups is 1. The summed E-state index contributed by atoms with van der Waals surface area (Å²) < 4.78 is 0. The van der Waals surface area contributed by atoms with Crippen LogP contribution in [-0.4, -0.2) is 5.91 Å². The molecule has 0 unspecified atom stereocenters. The molecule has 0 radical (unpaired) electrons. The number of amides is 1. The highest BCUT2D eigenvalue weighted by Crippen LogP contribution is 2.18. The monoisotopic (exact) mass is 323 g/mol. The Kier molecular flexibility index (Phi) is 4.55. The maximum Gasteiger partial charge on any atom is 0.251 e. The van der Waals surface area contributed by atoms with Crippen molar-refractivity contribution < 1.29 is 4.79 Å². The number of hydrogen-bond donors (Lipinski definition) is 1. The lowest BCUT2D eigenvalue weighted by molar-refractivity contribution is 0.0940. The van der Waals surface area contributed by atoms with Gasteiger partial charge in [-0.25, -0.2) is 0 Å². The molecule has 18 heavy (non-hydrogen) atoms. The van der Waals surface area contributed by atoms with Gasteiger partial charge in [0.2, 0.25) is 0 Å². The summed E-state index contributed by atoms with van der Waals surface area (Å²) in [4.78, 5) is 13.2. The molecule has 0 spiro atoms. The van der Waals surface area contributed by atoms with Crippen LogP contribution < -0.4 is 5.32 Å². The summed E-state index contributed by atoms with van der Waals surface area (Å²) in [7, 11) is 0. The van der Waals surface area contributed by atoms with Crippen LogP contribution in [0.4, 0.5) is 0 Å². The van der Waals surface area contributed by atoms with Gasteiger partial charge in [-0.15, -0.1) is 11.3 Å². The minimum atomic E-state index is -0.0305. The second-order valence-corrected chi connectivity index (χ2v) is 5.58. The number of rotatable bonds is 4. The van der Waals surface area contributed by atoms with Gasteiger partial charge in [-0.2, -0.15) is 0 Å². The molecule has 1 atom stereocenters. The van der Waals surface area contributed by atoms with E-state index in [-0.39, 0.29) is 11.9 Å². The highest BCUT2D eigenvalue weighted by Gasteiger charge is 2.11. The number of thiophene rings is 1. The molecule has 1 heterocycles. The Hall–Kier alpha value is -1.13. The average Bonchev–Trinajstić information content (AvgIpc) is 2.92. The van der Waals surface area contributed by atoms with Crippen molar-refractivity contribution in [2.75, 3.05) is 0 Å². The first-order chi connectivity index (χ1) is 8.70. The molecular weight excluding hydrogens is 310 g/mol. The molecule has 0 fully saturated rings. The van der Waals surface area contributed by atoms with Crippen LogP contribution in [0.2, 0.25) is 0 Å². The van der Waals surface area contributed by atoms with Gasteiger partial charge in [-0.1, -0.05) is 34.1 Å². The summed E-state index contributed by atoms with van der Waals surface area (Å²) in [6.45, 7) is 2.00. The van der Waals surface area contributed by atoms with E-state index in [0.717, 1.165) is 10.9 Å². The molecule has 2 nitrogen and oxygen atoms in total. The molecule has 2 aromatic rings. The Morgan fingerprint density at radius 3 is 2.61 bits per heavy atom. The fourth-order valence-electron chi connectivity index (χ4n) is 1.63. The largest absolute Gasteiger partial charge is 0.345 e. The first-order valence-electron chi connectivity index (χ1n) is 5.70. The van der Waals surface area contributed by atoms with Crippen molar-refractivity contribution in [2.24, 2.45) is 0 Å². The van der Waals surface area contributed by atoms with E-state index in [2.05, 4.69) is 21.2 Å².